The van der Waals surface area contributed by atoms with Crippen molar-refractivity contribution in [2.45, 2.75) is 31.3 Å². The molecule has 0 N–H and O–H groups in total. The molecule has 0 saturated carbocycles. The molecule has 0 aliphatic heterocycles. The van der Waals surface area contributed by atoms with Crippen LogP contribution in [0.25, 0.3) is 16.7 Å². The van der Waals surface area contributed by atoms with E-state index in [2.05, 4.69) is 15.4 Å². The van der Waals surface area contributed by atoms with Gasteiger partial charge in [-0.15, -0.1) is 10.2 Å². The molecule has 5 rings (SSSR count). The number of aryl methyl sites for hydroxylation is 2. The van der Waals surface area contributed by atoms with Crippen molar-refractivity contribution >= 4 is 28.4 Å². The summed E-state index contributed by atoms with van der Waals surface area (Å²) in [5, 5.41) is 14.2. The predicted octanol–water partition coefficient (Wildman–Crippen LogP) is 4.00. The summed E-state index contributed by atoms with van der Waals surface area (Å²) in [4.78, 5) is 13.4. The SMILES string of the molecule is COc1ccccc1Cn1c(=O)c2ccccc2n2c(SCc3c(C)noc3C)nnc12. The van der Waals surface area contributed by atoms with Crippen molar-refractivity contribution in [1.82, 2.24) is 24.3 Å². The van der Waals surface area contributed by atoms with Gasteiger partial charge < -0.3 is 9.26 Å². The second kappa shape index (κ2) is 8.16. The number of methoxy groups -OCH3 is 1. The van der Waals surface area contributed by atoms with Gasteiger partial charge in [0.15, 0.2) is 5.16 Å². The van der Waals surface area contributed by atoms with Crippen LogP contribution in [0.4, 0.5) is 0 Å². The highest BCUT2D eigenvalue weighted by atomic mass is 32.2. The molecule has 0 saturated heterocycles. The van der Waals surface area contributed by atoms with Crippen LogP contribution in [0, 0.1) is 13.8 Å². The number of nitrogens with zero attached hydrogens (tertiary/aromatic N) is 5. The summed E-state index contributed by atoms with van der Waals surface area (Å²) in [6, 6.07) is 15.2. The number of thioether (sulfide) groups is 1. The van der Waals surface area contributed by atoms with E-state index in [1.54, 1.807) is 11.7 Å². The molecule has 162 valence electrons. The topological polar surface area (TPSA) is 87.5 Å². The molecule has 0 amide bonds. The van der Waals surface area contributed by atoms with Gasteiger partial charge in [-0.05, 0) is 32.0 Å². The van der Waals surface area contributed by atoms with E-state index in [1.165, 1.54) is 11.8 Å². The summed E-state index contributed by atoms with van der Waals surface area (Å²) in [5.41, 5.74) is 3.45. The van der Waals surface area contributed by atoms with E-state index in [4.69, 9.17) is 9.26 Å². The summed E-state index contributed by atoms with van der Waals surface area (Å²) in [5.74, 6) is 2.64. The molecule has 5 aromatic rings. The molecule has 0 aliphatic carbocycles. The molecule has 0 atom stereocenters. The average Bonchev–Trinajstić information content (AvgIpc) is 3.38. The first kappa shape index (κ1) is 20.3. The average molecular weight is 448 g/mol. The molecule has 0 aliphatic rings. The van der Waals surface area contributed by atoms with Crippen molar-refractivity contribution < 1.29 is 9.26 Å². The van der Waals surface area contributed by atoms with Crippen LogP contribution in [-0.2, 0) is 12.3 Å². The van der Waals surface area contributed by atoms with Gasteiger partial charge >= 0.3 is 0 Å². The molecule has 9 heteroatoms. The zero-order valence-electron chi connectivity index (χ0n) is 17.9. The van der Waals surface area contributed by atoms with Gasteiger partial charge in [0, 0.05) is 16.9 Å². The minimum atomic E-state index is -0.117. The van der Waals surface area contributed by atoms with Crippen LogP contribution < -0.4 is 10.3 Å². The van der Waals surface area contributed by atoms with Crippen molar-refractivity contribution in [1.29, 1.82) is 0 Å². The minimum absolute atomic E-state index is 0.117. The second-order valence-corrected chi connectivity index (χ2v) is 8.37. The monoisotopic (exact) mass is 447 g/mol. The largest absolute Gasteiger partial charge is 0.496 e. The third-order valence-electron chi connectivity index (χ3n) is 5.53. The van der Waals surface area contributed by atoms with Gasteiger partial charge in [0.1, 0.15) is 11.5 Å². The third kappa shape index (κ3) is 3.34. The molecule has 0 unspecified atom stereocenters. The highest BCUT2D eigenvalue weighted by Gasteiger charge is 2.19. The molecule has 0 bridgehead atoms. The van der Waals surface area contributed by atoms with Crippen molar-refractivity contribution in [2.75, 3.05) is 7.11 Å². The Morgan fingerprint density at radius 1 is 1.06 bits per heavy atom. The smallest absolute Gasteiger partial charge is 0.263 e. The van der Waals surface area contributed by atoms with E-state index in [9.17, 15) is 4.79 Å². The van der Waals surface area contributed by atoms with Crippen molar-refractivity contribution in [3.63, 3.8) is 0 Å². The molecule has 0 fully saturated rings. The van der Waals surface area contributed by atoms with Crippen molar-refractivity contribution in [2.24, 2.45) is 0 Å². The number of hydrogen-bond acceptors (Lipinski definition) is 7. The lowest BCUT2D eigenvalue weighted by molar-refractivity contribution is 0.392. The predicted molar refractivity (Wildman–Crippen MR) is 122 cm³/mol. The number of hydrogen-bond donors (Lipinski definition) is 0. The van der Waals surface area contributed by atoms with Crippen LogP contribution in [0.2, 0.25) is 0 Å². The molecule has 8 nitrogen and oxygen atoms in total. The Hall–Kier alpha value is -3.59. The number of para-hydroxylation sites is 2. The summed E-state index contributed by atoms with van der Waals surface area (Å²) >= 11 is 1.54. The van der Waals surface area contributed by atoms with Crippen molar-refractivity contribution in [3.8, 4) is 5.75 Å². The Balaban J connectivity index is 1.66. The van der Waals surface area contributed by atoms with Crippen LogP contribution in [0.1, 0.15) is 22.6 Å². The summed E-state index contributed by atoms with van der Waals surface area (Å²) in [6.45, 7) is 4.15. The molecular formula is C23H21N5O3S. The minimum Gasteiger partial charge on any atom is -0.496 e. The fourth-order valence-corrected chi connectivity index (χ4v) is 4.91. The fraction of sp³-hybridized carbons (Fsp3) is 0.217. The lowest BCUT2D eigenvalue weighted by atomic mass is 10.2. The van der Waals surface area contributed by atoms with Crippen LogP contribution in [-0.4, -0.2) is 31.4 Å². The number of fused-ring (bicyclic) bond motifs is 3. The second-order valence-electron chi connectivity index (χ2n) is 7.43. The first-order valence-corrected chi connectivity index (χ1v) is 11.1. The number of rotatable bonds is 6. The lowest BCUT2D eigenvalue weighted by Gasteiger charge is -2.13. The quantitative estimate of drug-likeness (QED) is 0.364. The van der Waals surface area contributed by atoms with Gasteiger partial charge in [-0.3, -0.25) is 13.8 Å². The molecular weight excluding hydrogens is 426 g/mol. The Kier molecular flexibility index (Phi) is 5.18. The van der Waals surface area contributed by atoms with Gasteiger partial charge in [-0.25, -0.2) is 0 Å². The standard InChI is InChI=1S/C23H21N5O3S/c1-14-18(15(2)31-26-14)13-32-23-25-24-22-27(12-16-8-4-7-11-20(16)30-3)21(29)17-9-5-6-10-19(17)28(22)23/h4-11H,12-13H2,1-3H3. The van der Waals surface area contributed by atoms with Gasteiger partial charge in [0.25, 0.3) is 5.56 Å². The summed E-state index contributed by atoms with van der Waals surface area (Å²) in [7, 11) is 1.62. The van der Waals surface area contributed by atoms with E-state index in [0.29, 0.717) is 28.6 Å². The molecule has 0 radical (unpaired) electrons. The number of ether oxygens (including phenoxy) is 1. The Labute approximate surface area is 187 Å². The Bertz CT molecular complexity index is 1480. The van der Waals surface area contributed by atoms with Gasteiger partial charge in [-0.1, -0.05) is 47.3 Å². The summed E-state index contributed by atoms with van der Waals surface area (Å²) < 4.78 is 14.4. The van der Waals surface area contributed by atoms with Gasteiger partial charge in [0.2, 0.25) is 5.78 Å². The van der Waals surface area contributed by atoms with Crippen molar-refractivity contribution in [3.05, 3.63) is 81.5 Å². The zero-order chi connectivity index (χ0) is 22.2. The van der Waals surface area contributed by atoms with E-state index in [1.807, 2.05) is 66.8 Å². The van der Waals surface area contributed by atoms with Gasteiger partial charge in [-0.2, -0.15) is 0 Å². The molecule has 2 aromatic carbocycles. The maximum Gasteiger partial charge on any atom is 0.263 e. The van der Waals surface area contributed by atoms with Gasteiger partial charge in [0.05, 0.1) is 30.3 Å². The maximum absolute atomic E-state index is 13.4. The van der Waals surface area contributed by atoms with E-state index < -0.39 is 0 Å². The van der Waals surface area contributed by atoms with Crippen LogP contribution in [0.5, 0.6) is 5.75 Å². The van der Waals surface area contributed by atoms with Crippen LogP contribution in [0.15, 0.2) is 63.0 Å². The zero-order valence-corrected chi connectivity index (χ0v) is 18.7. The highest BCUT2D eigenvalue weighted by molar-refractivity contribution is 7.98. The summed E-state index contributed by atoms with van der Waals surface area (Å²) in [6.07, 6.45) is 0. The fourth-order valence-electron chi connectivity index (χ4n) is 3.82. The van der Waals surface area contributed by atoms with Crippen LogP contribution >= 0.6 is 11.8 Å². The molecule has 3 aromatic heterocycles. The molecule has 0 spiro atoms. The maximum atomic E-state index is 13.4. The van der Waals surface area contributed by atoms with E-state index in [-0.39, 0.29) is 5.56 Å². The Morgan fingerprint density at radius 3 is 2.62 bits per heavy atom. The normalized spacial score (nSPS) is 11.5. The highest BCUT2D eigenvalue weighted by Crippen LogP contribution is 2.28. The Morgan fingerprint density at radius 2 is 1.84 bits per heavy atom. The van der Waals surface area contributed by atoms with E-state index >= 15 is 0 Å². The number of benzene rings is 2. The third-order valence-corrected chi connectivity index (χ3v) is 6.48. The van der Waals surface area contributed by atoms with E-state index in [0.717, 1.165) is 33.8 Å². The first-order valence-electron chi connectivity index (χ1n) is 10.1. The molecule has 3 heterocycles. The first-order chi connectivity index (χ1) is 15.6. The number of aromatic nitrogens is 5. The lowest BCUT2D eigenvalue weighted by Crippen LogP contribution is -2.24. The molecule has 32 heavy (non-hydrogen) atoms. The van der Waals surface area contributed by atoms with Crippen LogP contribution in [0.3, 0.4) is 0 Å².